The van der Waals surface area contributed by atoms with Crippen LogP contribution in [0.15, 0.2) is 24.3 Å². The molecular weight excluding hydrogens is 356 g/mol. The van der Waals surface area contributed by atoms with Gasteiger partial charge in [0.1, 0.15) is 22.4 Å². The quantitative estimate of drug-likeness (QED) is 0.668. The van der Waals surface area contributed by atoms with Gasteiger partial charge in [-0.05, 0) is 37.1 Å². The van der Waals surface area contributed by atoms with Gasteiger partial charge in [0.05, 0.1) is 16.3 Å². The Morgan fingerprint density at radius 3 is 2.73 bits per heavy atom. The highest BCUT2D eigenvalue weighted by Crippen LogP contribution is 2.51. The molecule has 0 amide bonds. The van der Waals surface area contributed by atoms with E-state index in [1.165, 1.54) is 17.4 Å². The fourth-order valence-electron chi connectivity index (χ4n) is 3.42. The maximum absolute atomic E-state index is 14.5. The van der Waals surface area contributed by atoms with Crippen molar-refractivity contribution >= 4 is 27.5 Å². The molecule has 0 fully saturated rings. The molecule has 4 rings (SSSR count). The van der Waals surface area contributed by atoms with E-state index in [1.54, 1.807) is 0 Å². The van der Waals surface area contributed by atoms with Crippen molar-refractivity contribution < 1.29 is 13.5 Å². The maximum atomic E-state index is 14.5. The van der Waals surface area contributed by atoms with Crippen molar-refractivity contribution in [2.24, 2.45) is 5.92 Å². The maximum Gasteiger partial charge on any atom is 0.205 e. The van der Waals surface area contributed by atoms with E-state index in [2.05, 4.69) is 4.98 Å². The second-order valence-electron chi connectivity index (χ2n) is 6.27. The van der Waals surface area contributed by atoms with Gasteiger partial charge in [0.25, 0.3) is 0 Å². The highest BCUT2D eigenvalue weighted by atomic mass is 32.1. The monoisotopic (exact) mass is 369 g/mol. The Morgan fingerprint density at radius 1 is 1.27 bits per heavy atom. The molecule has 2 aromatic heterocycles. The number of pyridine rings is 1. The van der Waals surface area contributed by atoms with Gasteiger partial charge in [0.15, 0.2) is 5.75 Å². The smallest absolute Gasteiger partial charge is 0.205 e. The summed E-state index contributed by atoms with van der Waals surface area (Å²) in [5.41, 5.74) is 1.95. The Balaban J connectivity index is 2.04. The number of nitrogens with zero attached hydrogens (tertiary/aromatic N) is 2. The van der Waals surface area contributed by atoms with E-state index in [0.717, 1.165) is 28.8 Å². The highest BCUT2D eigenvalue weighted by molar-refractivity contribution is 7.19. The number of rotatable bonds is 1. The lowest BCUT2D eigenvalue weighted by Gasteiger charge is -2.28. The summed E-state index contributed by atoms with van der Waals surface area (Å²) in [7, 11) is 0. The summed E-state index contributed by atoms with van der Waals surface area (Å²) in [5, 5.41) is 18.5. The third-order valence-electron chi connectivity index (χ3n) is 4.52. The van der Waals surface area contributed by atoms with Gasteiger partial charge in [-0.15, -0.1) is 11.3 Å². The number of nitrogens with one attached hydrogen (secondary N) is 1. The van der Waals surface area contributed by atoms with E-state index in [0.29, 0.717) is 15.5 Å². The molecule has 2 unspecified atom stereocenters. The van der Waals surface area contributed by atoms with Crippen molar-refractivity contribution in [2.75, 3.05) is 0 Å². The van der Waals surface area contributed by atoms with Crippen LogP contribution in [0.2, 0.25) is 0 Å². The molecule has 3 aromatic rings. The molecule has 1 aliphatic rings. The van der Waals surface area contributed by atoms with E-state index in [4.69, 9.17) is 10.1 Å². The summed E-state index contributed by atoms with van der Waals surface area (Å²) < 4.78 is 33.5. The van der Waals surface area contributed by atoms with Crippen LogP contribution in [0.4, 0.5) is 8.78 Å². The number of thiophene rings is 1. The topological polar surface area (TPSA) is 69.8 Å². The molecule has 7 heteroatoms. The Hall–Kier alpha value is -2.85. The SMILES string of the molecule is Cc1cc(C)c2c3c(sc2n1)C(c1ccc(F)cc1F)C(C#N)C(=N)O3. The predicted molar refractivity (Wildman–Crippen MR) is 94.8 cm³/mol. The summed E-state index contributed by atoms with van der Waals surface area (Å²) in [5.74, 6) is -2.96. The van der Waals surface area contributed by atoms with Gasteiger partial charge < -0.3 is 4.74 Å². The Morgan fingerprint density at radius 2 is 2.04 bits per heavy atom. The molecule has 3 heterocycles. The number of nitriles is 1. The Bertz CT molecular complexity index is 1120. The molecule has 0 saturated heterocycles. The minimum absolute atomic E-state index is 0.174. The number of aromatic nitrogens is 1. The number of aryl methyl sites for hydroxylation is 2. The average Bonchev–Trinajstić information content (AvgIpc) is 2.92. The first kappa shape index (κ1) is 16.6. The van der Waals surface area contributed by atoms with Crippen LogP contribution in [0.1, 0.15) is 27.6 Å². The number of halogens is 2. The average molecular weight is 369 g/mol. The van der Waals surface area contributed by atoms with Crippen LogP contribution in [0, 0.1) is 48.1 Å². The summed E-state index contributed by atoms with van der Waals surface area (Å²) >= 11 is 1.32. The van der Waals surface area contributed by atoms with E-state index >= 15 is 0 Å². The molecular formula is C19H13F2N3OS. The lowest BCUT2D eigenvalue weighted by molar-refractivity contribution is 0.453. The number of ether oxygens (including phenoxy) is 1. The van der Waals surface area contributed by atoms with Crippen molar-refractivity contribution in [3.63, 3.8) is 0 Å². The molecule has 2 atom stereocenters. The van der Waals surface area contributed by atoms with Crippen molar-refractivity contribution in [2.45, 2.75) is 19.8 Å². The fourth-order valence-corrected chi connectivity index (χ4v) is 4.80. The van der Waals surface area contributed by atoms with Gasteiger partial charge in [-0.3, -0.25) is 5.41 Å². The molecule has 0 aliphatic carbocycles. The number of benzene rings is 1. The minimum atomic E-state index is -0.989. The summed E-state index contributed by atoms with van der Waals surface area (Å²) in [6.07, 6.45) is 0. The first-order valence-electron chi connectivity index (χ1n) is 7.92. The van der Waals surface area contributed by atoms with E-state index < -0.39 is 23.5 Å². The Labute approximate surface area is 152 Å². The van der Waals surface area contributed by atoms with Gasteiger partial charge >= 0.3 is 0 Å². The van der Waals surface area contributed by atoms with Gasteiger partial charge in [-0.25, -0.2) is 13.8 Å². The molecule has 1 N–H and O–H groups in total. The highest BCUT2D eigenvalue weighted by Gasteiger charge is 2.41. The summed E-state index contributed by atoms with van der Waals surface area (Å²) in [6.45, 7) is 3.80. The van der Waals surface area contributed by atoms with E-state index in [-0.39, 0.29) is 11.5 Å². The van der Waals surface area contributed by atoms with Crippen LogP contribution in [0.3, 0.4) is 0 Å². The molecule has 0 saturated carbocycles. The molecule has 4 nitrogen and oxygen atoms in total. The van der Waals surface area contributed by atoms with Crippen LogP contribution in [-0.2, 0) is 0 Å². The van der Waals surface area contributed by atoms with Crippen molar-refractivity contribution in [1.82, 2.24) is 4.98 Å². The lowest BCUT2D eigenvalue weighted by atomic mass is 9.83. The number of hydrogen-bond donors (Lipinski definition) is 1. The Kier molecular flexibility index (Phi) is 3.74. The van der Waals surface area contributed by atoms with Crippen molar-refractivity contribution in [3.8, 4) is 11.8 Å². The predicted octanol–water partition coefficient (Wildman–Crippen LogP) is 4.83. The van der Waals surface area contributed by atoms with Gasteiger partial charge in [0, 0.05) is 17.7 Å². The first-order valence-corrected chi connectivity index (χ1v) is 8.74. The van der Waals surface area contributed by atoms with Crippen molar-refractivity contribution in [3.05, 3.63) is 57.6 Å². The van der Waals surface area contributed by atoms with Crippen LogP contribution < -0.4 is 4.74 Å². The standard InChI is InChI=1S/C19H13F2N3OS/c1-8-5-9(2)24-19-14(8)16-17(26-19)15(12(7-22)18(23)25-16)11-4-3-10(20)6-13(11)21/h3-6,12,15,23H,1-2H3. The molecule has 0 spiro atoms. The third kappa shape index (κ3) is 2.37. The first-order chi connectivity index (χ1) is 12.4. The second kappa shape index (κ2) is 5.85. The molecule has 0 radical (unpaired) electrons. The van der Waals surface area contributed by atoms with Crippen LogP contribution in [-0.4, -0.2) is 10.9 Å². The van der Waals surface area contributed by atoms with Gasteiger partial charge in [-0.1, -0.05) is 6.07 Å². The van der Waals surface area contributed by atoms with Gasteiger partial charge in [-0.2, -0.15) is 5.26 Å². The zero-order valence-corrected chi connectivity index (χ0v) is 14.7. The van der Waals surface area contributed by atoms with Crippen molar-refractivity contribution in [1.29, 1.82) is 10.7 Å². The minimum Gasteiger partial charge on any atom is -0.440 e. The van der Waals surface area contributed by atoms with Crippen LogP contribution in [0.25, 0.3) is 10.2 Å². The number of fused-ring (bicyclic) bond motifs is 3. The van der Waals surface area contributed by atoms with Crippen LogP contribution >= 0.6 is 11.3 Å². The van der Waals surface area contributed by atoms with Crippen LogP contribution in [0.5, 0.6) is 5.75 Å². The normalized spacial score (nSPS) is 19.1. The summed E-state index contributed by atoms with van der Waals surface area (Å²) in [6, 6.07) is 7.23. The van der Waals surface area contributed by atoms with E-state index in [1.807, 2.05) is 26.0 Å². The molecule has 0 bridgehead atoms. The largest absolute Gasteiger partial charge is 0.440 e. The molecule has 1 aromatic carbocycles. The lowest BCUT2D eigenvalue weighted by Crippen LogP contribution is -2.30. The third-order valence-corrected chi connectivity index (χ3v) is 5.66. The molecule has 26 heavy (non-hydrogen) atoms. The summed E-state index contributed by atoms with van der Waals surface area (Å²) in [4.78, 5) is 5.86. The zero-order chi connectivity index (χ0) is 18.6. The molecule has 1 aliphatic heterocycles. The zero-order valence-electron chi connectivity index (χ0n) is 13.9. The van der Waals surface area contributed by atoms with Gasteiger partial charge in [0.2, 0.25) is 5.90 Å². The fraction of sp³-hybridized carbons (Fsp3) is 0.211. The molecule has 130 valence electrons. The van der Waals surface area contributed by atoms with E-state index in [9.17, 15) is 14.0 Å². The number of hydrogen-bond acceptors (Lipinski definition) is 5. The second-order valence-corrected chi connectivity index (χ2v) is 7.30.